The number of carbonyl (C=O) groups is 1. The molecule has 0 N–H and O–H groups in total. The van der Waals surface area contributed by atoms with Gasteiger partial charge >= 0.3 is 6.16 Å². The molecule has 0 spiro atoms. The monoisotopic (exact) mass is 200 g/mol. The third kappa shape index (κ3) is 3.80. The fraction of sp³-hybridized carbons (Fsp3) is 0.222. The van der Waals surface area contributed by atoms with Crippen LogP contribution in [0.2, 0.25) is 0 Å². The molecule has 1 aromatic carbocycles. The highest BCUT2D eigenvalue weighted by Crippen LogP contribution is 2.10. The third-order valence-corrected chi connectivity index (χ3v) is 1.29. The van der Waals surface area contributed by atoms with Crippen LogP contribution in [0.5, 0.6) is 5.75 Å². The Morgan fingerprint density at radius 3 is 2.54 bits per heavy atom. The second-order valence-electron chi connectivity index (χ2n) is 2.33. The van der Waals surface area contributed by atoms with Gasteiger partial charge in [0.2, 0.25) is 0 Å². The van der Waals surface area contributed by atoms with Crippen molar-refractivity contribution < 1.29 is 14.3 Å². The number of benzene rings is 1. The Morgan fingerprint density at radius 2 is 2.00 bits per heavy atom. The molecule has 0 aliphatic rings. The van der Waals surface area contributed by atoms with Crippen LogP contribution in [-0.4, -0.2) is 11.7 Å². The van der Waals surface area contributed by atoms with E-state index < -0.39 is 11.7 Å². The third-order valence-electron chi connectivity index (χ3n) is 1.20. The van der Waals surface area contributed by atoms with Crippen LogP contribution in [0, 0.1) is 0 Å². The second kappa shape index (κ2) is 4.72. The van der Waals surface area contributed by atoms with Gasteiger partial charge in [0.25, 0.3) is 0 Å². The molecule has 0 aliphatic heterocycles. The van der Waals surface area contributed by atoms with Crippen molar-refractivity contribution in [3.05, 3.63) is 30.3 Å². The highest BCUT2D eigenvalue weighted by molar-refractivity contribution is 6.19. The normalized spacial score (nSPS) is 11.8. The number of para-hydroxylation sites is 1. The van der Waals surface area contributed by atoms with E-state index in [-0.39, 0.29) is 0 Å². The minimum atomic E-state index is -0.797. The quantitative estimate of drug-likeness (QED) is 0.418. The fourth-order valence-corrected chi connectivity index (χ4v) is 0.814. The van der Waals surface area contributed by atoms with E-state index in [1.165, 1.54) is 6.92 Å². The molecule has 0 heterocycles. The van der Waals surface area contributed by atoms with Crippen LogP contribution in [0.15, 0.2) is 30.3 Å². The highest BCUT2D eigenvalue weighted by Gasteiger charge is 2.08. The Labute approximate surface area is 81.2 Å². The number of alkyl halides is 1. The van der Waals surface area contributed by atoms with Crippen LogP contribution in [0.4, 0.5) is 4.79 Å². The molecule has 1 aromatic rings. The number of halogens is 1. The number of carbonyl (C=O) groups excluding carboxylic acids is 1. The van der Waals surface area contributed by atoms with Crippen LogP contribution >= 0.6 is 11.6 Å². The number of hydrogen-bond donors (Lipinski definition) is 0. The lowest BCUT2D eigenvalue weighted by Gasteiger charge is -2.06. The lowest BCUT2D eigenvalue weighted by atomic mass is 10.3. The van der Waals surface area contributed by atoms with Gasteiger partial charge in [-0.3, -0.25) is 0 Å². The molecule has 1 rings (SSSR count). The minimum Gasteiger partial charge on any atom is -0.415 e. The predicted molar refractivity (Wildman–Crippen MR) is 48.9 cm³/mol. The van der Waals surface area contributed by atoms with Crippen LogP contribution in [0.3, 0.4) is 0 Å². The molecule has 0 bridgehead atoms. The van der Waals surface area contributed by atoms with Gasteiger partial charge in [0.1, 0.15) is 5.75 Å². The van der Waals surface area contributed by atoms with Crippen molar-refractivity contribution in [1.82, 2.24) is 0 Å². The summed E-state index contributed by atoms with van der Waals surface area (Å²) in [6.07, 6.45) is -0.797. The summed E-state index contributed by atoms with van der Waals surface area (Å²) in [6, 6.07) is 8.64. The van der Waals surface area contributed by atoms with Gasteiger partial charge < -0.3 is 9.47 Å². The predicted octanol–water partition coefficient (Wildman–Crippen LogP) is 2.79. The summed E-state index contributed by atoms with van der Waals surface area (Å²) in [6.45, 7) is 1.54. The lowest BCUT2D eigenvalue weighted by Crippen LogP contribution is -2.13. The van der Waals surface area contributed by atoms with Gasteiger partial charge in [-0.15, -0.1) is 0 Å². The standard InChI is InChI=1S/C9H9ClO3/c1-7(10)12-9(11)13-8-5-3-2-4-6-8/h2-7H,1H3. The van der Waals surface area contributed by atoms with Gasteiger partial charge in [0, 0.05) is 0 Å². The van der Waals surface area contributed by atoms with E-state index in [0.29, 0.717) is 5.75 Å². The van der Waals surface area contributed by atoms with Gasteiger partial charge in [-0.05, 0) is 19.1 Å². The van der Waals surface area contributed by atoms with E-state index in [2.05, 4.69) is 4.74 Å². The second-order valence-corrected chi connectivity index (χ2v) is 2.94. The Morgan fingerprint density at radius 1 is 1.38 bits per heavy atom. The Hall–Kier alpha value is -1.22. The van der Waals surface area contributed by atoms with Crippen molar-refractivity contribution in [2.75, 3.05) is 0 Å². The molecule has 0 aromatic heterocycles. The molecule has 0 amide bonds. The van der Waals surface area contributed by atoms with Crippen LogP contribution in [0.25, 0.3) is 0 Å². The first-order valence-electron chi connectivity index (χ1n) is 3.76. The zero-order chi connectivity index (χ0) is 9.68. The molecular weight excluding hydrogens is 192 g/mol. The van der Waals surface area contributed by atoms with Crippen molar-refractivity contribution in [2.24, 2.45) is 0 Å². The summed E-state index contributed by atoms with van der Waals surface area (Å²) in [5, 5.41) is 0. The Bertz CT molecular complexity index is 271. The molecule has 13 heavy (non-hydrogen) atoms. The SMILES string of the molecule is CC(Cl)OC(=O)Oc1ccccc1. The van der Waals surface area contributed by atoms with Crippen molar-refractivity contribution in [3.63, 3.8) is 0 Å². The average molecular weight is 201 g/mol. The zero-order valence-electron chi connectivity index (χ0n) is 7.07. The van der Waals surface area contributed by atoms with E-state index in [1.54, 1.807) is 24.3 Å². The highest BCUT2D eigenvalue weighted by atomic mass is 35.5. The molecule has 0 fully saturated rings. The van der Waals surface area contributed by atoms with E-state index in [1.807, 2.05) is 6.07 Å². The summed E-state index contributed by atoms with van der Waals surface area (Å²) in [4.78, 5) is 10.9. The van der Waals surface area contributed by atoms with Gasteiger partial charge in [-0.2, -0.15) is 0 Å². The van der Waals surface area contributed by atoms with Gasteiger partial charge in [-0.25, -0.2) is 4.79 Å². The molecule has 1 unspecified atom stereocenters. The van der Waals surface area contributed by atoms with E-state index in [4.69, 9.17) is 16.3 Å². The van der Waals surface area contributed by atoms with Gasteiger partial charge in [0.05, 0.1) is 0 Å². The van der Waals surface area contributed by atoms with Crippen molar-refractivity contribution >= 4 is 17.8 Å². The summed E-state index contributed by atoms with van der Waals surface area (Å²) >= 11 is 5.42. The topological polar surface area (TPSA) is 35.5 Å². The number of rotatable bonds is 2. The van der Waals surface area contributed by atoms with Gasteiger partial charge in [-0.1, -0.05) is 29.8 Å². The van der Waals surface area contributed by atoms with Crippen LogP contribution < -0.4 is 4.74 Å². The number of ether oxygens (including phenoxy) is 2. The van der Waals surface area contributed by atoms with E-state index in [0.717, 1.165) is 0 Å². The maximum atomic E-state index is 10.9. The van der Waals surface area contributed by atoms with Gasteiger partial charge in [0.15, 0.2) is 5.56 Å². The van der Waals surface area contributed by atoms with Crippen LogP contribution in [0.1, 0.15) is 6.92 Å². The van der Waals surface area contributed by atoms with Crippen molar-refractivity contribution in [1.29, 1.82) is 0 Å². The molecular formula is C9H9ClO3. The van der Waals surface area contributed by atoms with Crippen LogP contribution in [-0.2, 0) is 4.74 Å². The first-order chi connectivity index (χ1) is 6.18. The first-order valence-corrected chi connectivity index (χ1v) is 4.19. The zero-order valence-corrected chi connectivity index (χ0v) is 7.82. The maximum absolute atomic E-state index is 10.9. The molecule has 4 heteroatoms. The molecule has 0 saturated heterocycles. The molecule has 3 nitrogen and oxygen atoms in total. The summed E-state index contributed by atoms with van der Waals surface area (Å²) in [5.74, 6) is 0.435. The smallest absolute Gasteiger partial charge is 0.415 e. The summed E-state index contributed by atoms with van der Waals surface area (Å²) in [7, 11) is 0. The summed E-state index contributed by atoms with van der Waals surface area (Å²) in [5.41, 5.74) is -0.684. The van der Waals surface area contributed by atoms with E-state index >= 15 is 0 Å². The average Bonchev–Trinajstić information content (AvgIpc) is 2.04. The maximum Gasteiger partial charge on any atom is 0.515 e. The van der Waals surface area contributed by atoms with E-state index in [9.17, 15) is 4.79 Å². The molecule has 0 aliphatic carbocycles. The number of hydrogen-bond acceptors (Lipinski definition) is 3. The fourth-order valence-electron chi connectivity index (χ4n) is 0.741. The minimum absolute atomic E-state index is 0.435. The molecule has 0 saturated carbocycles. The van der Waals surface area contributed by atoms with Crippen molar-refractivity contribution in [2.45, 2.75) is 12.5 Å². The molecule has 70 valence electrons. The Kier molecular flexibility index (Phi) is 3.58. The molecule has 0 radical (unpaired) electrons. The lowest BCUT2D eigenvalue weighted by molar-refractivity contribution is 0.0924. The Balaban J connectivity index is 2.46. The first kappa shape index (κ1) is 9.86. The van der Waals surface area contributed by atoms with Crippen molar-refractivity contribution in [3.8, 4) is 5.75 Å². The summed E-state index contributed by atoms with van der Waals surface area (Å²) < 4.78 is 9.34. The largest absolute Gasteiger partial charge is 0.515 e. The molecule has 1 atom stereocenters.